The van der Waals surface area contributed by atoms with Crippen molar-refractivity contribution in [2.24, 2.45) is 0 Å². The molecule has 0 rings (SSSR count). The van der Waals surface area contributed by atoms with Crippen LogP contribution in [0.5, 0.6) is 0 Å². The summed E-state index contributed by atoms with van der Waals surface area (Å²) in [6, 6.07) is 0. The first-order chi connectivity index (χ1) is 4.00. The third kappa shape index (κ3) is 487. The summed E-state index contributed by atoms with van der Waals surface area (Å²) in [4.78, 5) is 50.9. The molecule has 0 saturated carbocycles. The fourth-order valence-electron chi connectivity index (χ4n) is 0. The maximum Gasteiger partial charge on any atom is 1.00 e. The first kappa shape index (κ1) is 23.5. The van der Waals surface area contributed by atoms with Gasteiger partial charge in [0, 0.05) is 26.2 Å². The van der Waals surface area contributed by atoms with Crippen molar-refractivity contribution in [1.82, 2.24) is 0 Å². The van der Waals surface area contributed by atoms with Crippen LogP contribution in [0.15, 0.2) is 0 Å². The molecule has 0 aliphatic carbocycles. The average Bonchev–Trinajstić information content (AvgIpc) is 1.12. The Morgan fingerprint density at radius 1 is 1.00 bits per heavy atom. The summed E-state index contributed by atoms with van der Waals surface area (Å²) >= 11 is 0. The van der Waals surface area contributed by atoms with E-state index in [1.54, 1.807) is 0 Å². The second-order valence-corrected chi connectivity index (χ2v) is 3.34. The molecule has 0 aliphatic heterocycles. The molecule has 0 amide bonds. The van der Waals surface area contributed by atoms with Crippen LogP contribution in [0.25, 0.3) is 0 Å². The van der Waals surface area contributed by atoms with Crippen molar-refractivity contribution in [3.63, 3.8) is 0 Å². The van der Waals surface area contributed by atoms with Crippen LogP contribution < -0.4 is 18.9 Å². The van der Waals surface area contributed by atoms with E-state index in [4.69, 9.17) is 38.4 Å². The topological polar surface area (TPSA) is 159 Å². The van der Waals surface area contributed by atoms with Crippen molar-refractivity contribution >= 4 is 16.9 Å². The summed E-state index contributed by atoms with van der Waals surface area (Å²) in [7, 11) is -9.25. The Morgan fingerprint density at radius 2 is 1.00 bits per heavy atom. The van der Waals surface area contributed by atoms with E-state index in [0.29, 0.717) is 0 Å². The Bertz CT molecular complexity index is 116. The van der Waals surface area contributed by atoms with Gasteiger partial charge in [-0.1, -0.05) is 0 Å². The van der Waals surface area contributed by atoms with Gasteiger partial charge in [-0.3, -0.25) is 0 Å². The van der Waals surface area contributed by atoms with Gasteiger partial charge >= 0.3 is 35.7 Å². The summed E-state index contributed by atoms with van der Waals surface area (Å²) < 4.78 is 8.88. The average molecular weight is 293 g/mol. The molecule has 7 N–H and O–H groups in total. The summed E-state index contributed by atoms with van der Waals surface area (Å²) in [5, 5.41) is 0. The number of hydrogen-bond donors (Lipinski definition) is 7. The van der Waals surface area contributed by atoms with Crippen LogP contribution in [0, 0.1) is 0 Å². The third-order valence-corrected chi connectivity index (χ3v) is 0. The van der Waals surface area contributed by atoms with Gasteiger partial charge < -0.3 is 35.3 Å². The van der Waals surface area contributed by atoms with Gasteiger partial charge in [0.25, 0.3) is 0 Å². The van der Waals surface area contributed by atoms with Gasteiger partial charge in [-0.25, -0.2) is 4.57 Å². The summed E-state index contributed by atoms with van der Waals surface area (Å²) in [6.07, 6.45) is 0. The minimum Gasteiger partial charge on any atom is -1.00 e. The van der Waals surface area contributed by atoms with Crippen LogP contribution in [-0.2, 0) is 30.8 Å². The Morgan fingerprint density at radius 3 is 1.00 bits per heavy atom. The molecule has 0 saturated heterocycles. The molecule has 0 aromatic rings. The van der Waals surface area contributed by atoms with Crippen LogP contribution in [0.3, 0.4) is 0 Å². The van der Waals surface area contributed by atoms with E-state index < -0.39 is 16.9 Å². The van der Waals surface area contributed by atoms with Crippen LogP contribution in [0.2, 0.25) is 0 Å². The van der Waals surface area contributed by atoms with E-state index in [-0.39, 0.29) is 46.5 Å². The van der Waals surface area contributed by atoms with Crippen LogP contribution in [0.4, 0.5) is 0 Å². The SMILES string of the molecule is O=P(O)(O)O.O[Si](O)(O)O.[H-].[Li+].[Zr]. The van der Waals surface area contributed by atoms with Crippen LogP contribution >= 0.6 is 7.82 Å². The Kier molecular flexibility index (Phi) is 18.0. The van der Waals surface area contributed by atoms with E-state index in [9.17, 15) is 0 Å². The molecule has 12 heteroatoms. The van der Waals surface area contributed by atoms with Crippen molar-refractivity contribution < 1.29 is 84.9 Å². The van der Waals surface area contributed by atoms with Gasteiger partial charge in [-0.2, -0.15) is 0 Å². The minimum absolute atomic E-state index is 0. The van der Waals surface area contributed by atoms with Crippen molar-refractivity contribution in [2.45, 2.75) is 0 Å². The van der Waals surface area contributed by atoms with E-state index in [1.165, 1.54) is 0 Å². The predicted octanol–water partition coefficient (Wildman–Crippen LogP) is -6.42. The predicted molar refractivity (Wildman–Crippen MR) is 30.0 cm³/mol. The largest absolute Gasteiger partial charge is 1.00 e. The number of hydrogen-bond acceptors (Lipinski definition) is 5. The molecule has 70 valence electrons. The van der Waals surface area contributed by atoms with Gasteiger partial charge in [0.2, 0.25) is 0 Å². The number of phosphoric acid groups is 1. The first-order valence-corrected chi connectivity index (χ1v) is 5.03. The second kappa shape index (κ2) is 9.21. The van der Waals surface area contributed by atoms with Gasteiger partial charge in [-0.15, -0.1) is 0 Å². The van der Waals surface area contributed by atoms with Crippen molar-refractivity contribution in [3.05, 3.63) is 0 Å². The maximum absolute atomic E-state index is 8.88. The first-order valence-electron chi connectivity index (χ1n) is 1.68. The third-order valence-electron chi connectivity index (χ3n) is 0. The zero-order valence-corrected chi connectivity index (χ0v) is 10.3. The zero-order valence-electron chi connectivity index (χ0n) is 6.99. The van der Waals surface area contributed by atoms with Gasteiger partial charge in [-0.05, 0) is 0 Å². The van der Waals surface area contributed by atoms with Gasteiger partial charge in [0.15, 0.2) is 0 Å². The molecule has 0 aliphatic rings. The summed E-state index contributed by atoms with van der Waals surface area (Å²) in [6.45, 7) is 0. The summed E-state index contributed by atoms with van der Waals surface area (Å²) in [5.41, 5.74) is 0. The van der Waals surface area contributed by atoms with Gasteiger partial charge in [0.05, 0.1) is 0 Å². The molecule has 0 fully saturated rings. The molecular weight excluding hydrogens is 285 g/mol. The Hall–Kier alpha value is 1.65. The van der Waals surface area contributed by atoms with Crippen LogP contribution in [0.1, 0.15) is 1.43 Å². The van der Waals surface area contributed by atoms with Crippen molar-refractivity contribution in [2.75, 3.05) is 0 Å². The minimum atomic E-state index is -4.64. The zero-order chi connectivity index (χ0) is 9.00. The Labute approximate surface area is 101 Å². The second-order valence-electron chi connectivity index (χ2n) is 1.11. The smallest absolute Gasteiger partial charge is 1.00 e. The van der Waals surface area contributed by atoms with E-state index >= 15 is 0 Å². The van der Waals surface area contributed by atoms with Gasteiger partial charge in [0.1, 0.15) is 0 Å². The molecule has 0 atom stereocenters. The molecule has 12 heavy (non-hydrogen) atoms. The van der Waals surface area contributed by atoms with E-state index in [0.717, 1.165) is 0 Å². The molecule has 0 aromatic heterocycles. The molecule has 0 radical (unpaired) electrons. The monoisotopic (exact) mass is 292 g/mol. The maximum atomic E-state index is 8.88. The normalized spacial score (nSPS) is 9.92. The van der Waals surface area contributed by atoms with Crippen molar-refractivity contribution in [3.8, 4) is 0 Å². The van der Waals surface area contributed by atoms with Crippen LogP contribution in [-0.4, -0.2) is 42.9 Å². The standard InChI is InChI=1S/Li.H3O4P.H4O4Si.Zr.H/c;2*1-5(2,3)4;;/h;(H3,1,2,3,4);1-4H;;/q+1;;;;-1. The number of rotatable bonds is 0. The molecule has 0 aromatic carbocycles. The fraction of sp³-hybridized carbons (Fsp3) is 0. The van der Waals surface area contributed by atoms with E-state index in [2.05, 4.69) is 0 Å². The molecule has 8 nitrogen and oxygen atoms in total. The molecule has 0 heterocycles. The molecular formula is H8LiO8PSiZr. The fourth-order valence-corrected chi connectivity index (χ4v) is 0. The Balaban J connectivity index is -0.0000000267. The van der Waals surface area contributed by atoms with E-state index in [1.807, 2.05) is 0 Å². The van der Waals surface area contributed by atoms with Crippen molar-refractivity contribution in [1.29, 1.82) is 0 Å². The molecule has 0 unspecified atom stereocenters. The quantitative estimate of drug-likeness (QED) is 0.171. The molecule has 0 spiro atoms. The summed E-state index contributed by atoms with van der Waals surface area (Å²) in [5.74, 6) is 0. The molecule has 0 bridgehead atoms.